The van der Waals surface area contributed by atoms with Crippen LogP contribution in [-0.4, -0.2) is 39.9 Å². The fraction of sp³-hybridized carbons (Fsp3) is 0.227. The highest BCUT2D eigenvalue weighted by Crippen LogP contribution is 2.32. The number of hydrogen-bond donors (Lipinski definition) is 0. The molecule has 0 aliphatic carbocycles. The predicted molar refractivity (Wildman–Crippen MR) is 117 cm³/mol. The molecular formula is C22H20N2O6S. The lowest BCUT2D eigenvalue weighted by molar-refractivity contribution is -0.384. The van der Waals surface area contributed by atoms with Crippen molar-refractivity contribution in [3.05, 3.63) is 74.7 Å². The number of imide groups is 1. The fourth-order valence-corrected chi connectivity index (χ4v) is 3.62. The Balaban J connectivity index is 1.66. The van der Waals surface area contributed by atoms with Gasteiger partial charge in [0.1, 0.15) is 5.75 Å². The van der Waals surface area contributed by atoms with Gasteiger partial charge in [-0.05, 0) is 54.1 Å². The molecule has 0 atom stereocenters. The Morgan fingerprint density at radius 1 is 1.13 bits per heavy atom. The molecule has 0 bridgehead atoms. The minimum absolute atomic E-state index is 0.146. The molecule has 160 valence electrons. The molecule has 2 aromatic carbocycles. The van der Waals surface area contributed by atoms with Gasteiger partial charge in [-0.2, -0.15) is 0 Å². The lowest BCUT2D eigenvalue weighted by atomic mass is 10.1. The lowest BCUT2D eigenvalue weighted by Gasteiger charge is -2.11. The number of nitrogens with zero attached hydrogens (tertiary/aromatic N) is 2. The Labute approximate surface area is 183 Å². The maximum absolute atomic E-state index is 12.6. The van der Waals surface area contributed by atoms with Crippen molar-refractivity contribution in [2.45, 2.75) is 19.8 Å². The Morgan fingerprint density at radius 2 is 1.81 bits per heavy atom. The van der Waals surface area contributed by atoms with Gasteiger partial charge in [-0.1, -0.05) is 25.5 Å². The number of carbonyl (C=O) groups is 3. The van der Waals surface area contributed by atoms with Crippen molar-refractivity contribution in [2.24, 2.45) is 0 Å². The molecule has 3 rings (SSSR count). The number of nitro benzene ring substituents is 1. The van der Waals surface area contributed by atoms with Crippen LogP contribution in [0, 0.1) is 10.1 Å². The number of amides is 2. The summed E-state index contributed by atoms with van der Waals surface area (Å²) < 4.78 is 5.60. The Hall–Kier alpha value is -3.46. The van der Waals surface area contributed by atoms with E-state index >= 15 is 0 Å². The second-order valence-electron chi connectivity index (χ2n) is 6.77. The van der Waals surface area contributed by atoms with Crippen molar-refractivity contribution in [3.8, 4) is 5.75 Å². The van der Waals surface area contributed by atoms with E-state index in [0.717, 1.165) is 40.8 Å². The molecule has 1 fully saturated rings. The van der Waals surface area contributed by atoms with E-state index in [2.05, 4.69) is 6.92 Å². The third-order valence-corrected chi connectivity index (χ3v) is 5.43. The van der Waals surface area contributed by atoms with Gasteiger partial charge < -0.3 is 4.74 Å². The molecule has 2 amide bonds. The van der Waals surface area contributed by atoms with Crippen molar-refractivity contribution >= 4 is 40.5 Å². The Bertz CT molecular complexity index is 1030. The van der Waals surface area contributed by atoms with Crippen LogP contribution in [0.5, 0.6) is 5.75 Å². The number of unbranched alkanes of at least 4 members (excludes halogenated alkanes) is 1. The summed E-state index contributed by atoms with van der Waals surface area (Å²) in [6.07, 6.45) is 3.60. The van der Waals surface area contributed by atoms with E-state index in [4.69, 9.17) is 4.74 Å². The number of thioether (sulfide) groups is 1. The summed E-state index contributed by atoms with van der Waals surface area (Å²) in [7, 11) is 0. The molecule has 31 heavy (non-hydrogen) atoms. The van der Waals surface area contributed by atoms with Crippen molar-refractivity contribution in [3.63, 3.8) is 0 Å². The monoisotopic (exact) mass is 440 g/mol. The molecule has 0 unspecified atom stereocenters. The van der Waals surface area contributed by atoms with Crippen LogP contribution < -0.4 is 4.74 Å². The van der Waals surface area contributed by atoms with Gasteiger partial charge in [-0.25, -0.2) is 0 Å². The predicted octanol–water partition coefficient (Wildman–Crippen LogP) is 4.69. The molecule has 0 aromatic heterocycles. The first-order valence-corrected chi connectivity index (χ1v) is 10.5. The molecule has 9 heteroatoms. The van der Waals surface area contributed by atoms with Crippen LogP contribution in [0.4, 0.5) is 10.5 Å². The average molecular weight is 440 g/mol. The molecule has 1 aliphatic heterocycles. The number of ether oxygens (including phenoxy) is 1. The number of carbonyl (C=O) groups excluding carboxylic acids is 3. The second-order valence-corrected chi connectivity index (χ2v) is 7.76. The van der Waals surface area contributed by atoms with E-state index in [1.165, 1.54) is 24.3 Å². The zero-order valence-electron chi connectivity index (χ0n) is 16.8. The molecule has 1 saturated heterocycles. The molecule has 1 heterocycles. The van der Waals surface area contributed by atoms with E-state index in [9.17, 15) is 24.5 Å². The van der Waals surface area contributed by atoms with Gasteiger partial charge in [0.15, 0.2) is 5.78 Å². The smallest absolute Gasteiger partial charge is 0.293 e. The molecule has 0 N–H and O–H groups in total. The maximum Gasteiger partial charge on any atom is 0.293 e. The van der Waals surface area contributed by atoms with Crippen LogP contribution in [0.3, 0.4) is 0 Å². The number of Topliss-reactive ketones (excluding diaryl/α,β-unsaturated/α-hetero) is 1. The van der Waals surface area contributed by atoms with E-state index in [1.807, 2.05) is 0 Å². The Morgan fingerprint density at radius 3 is 2.42 bits per heavy atom. The molecule has 8 nitrogen and oxygen atoms in total. The van der Waals surface area contributed by atoms with Gasteiger partial charge in [-0.3, -0.25) is 29.4 Å². The van der Waals surface area contributed by atoms with E-state index in [-0.39, 0.29) is 16.2 Å². The van der Waals surface area contributed by atoms with Gasteiger partial charge in [0.05, 0.1) is 23.0 Å². The van der Waals surface area contributed by atoms with Crippen molar-refractivity contribution in [2.75, 3.05) is 13.2 Å². The molecule has 0 radical (unpaired) electrons. The number of ketones is 1. The first kappa shape index (κ1) is 22.2. The van der Waals surface area contributed by atoms with Crippen LogP contribution in [0.1, 0.15) is 35.7 Å². The van der Waals surface area contributed by atoms with Crippen molar-refractivity contribution in [1.29, 1.82) is 0 Å². The molecule has 2 aromatic rings. The van der Waals surface area contributed by atoms with Gasteiger partial charge in [0.25, 0.3) is 16.8 Å². The third-order valence-electron chi connectivity index (χ3n) is 4.52. The van der Waals surface area contributed by atoms with Crippen LogP contribution in [0.2, 0.25) is 0 Å². The highest BCUT2D eigenvalue weighted by atomic mass is 32.2. The average Bonchev–Trinajstić information content (AvgIpc) is 3.02. The first-order valence-electron chi connectivity index (χ1n) is 9.65. The highest BCUT2D eigenvalue weighted by molar-refractivity contribution is 8.18. The summed E-state index contributed by atoms with van der Waals surface area (Å²) in [5.74, 6) is -0.298. The van der Waals surface area contributed by atoms with Gasteiger partial charge in [0.2, 0.25) is 0 Å². The standard InChI is InChI=1S/C22H20N2O6S/c1-2-3-12-30-18-10-4-15(5-11-18)13-20-21(26)23(22(27)31-20)14-19(25)16-6-8-17(9-7-16)24(28)29/h4-11,13H,2-3,12,14H2,1H3/b20-13-. The summed E-state index contributed by atoms with van der Waals surface area (Å²) in [5.41, 5.74) is 0.773. The van der Waals surface area contributed by atoms with E-state index in [0.29, 0.717) is 6.61 Å². The molecule has 0 spiro atoms. The highest BCUT2D eigenvalue weighted by Gasteiger charge is 2.36. The van der Waals surface area contributed by atoms with Crippen LogP contribution >= 0.6 is 11.8 Å². The van der Waals surface area contributed by atoms with Crippen LogP contribution in [0.25, 0.3) is 6.08 Å². The van der Waals surface area contributed by atoms with Crippen LogP contribution in [0.15, 0.2) is 53.4 Å². The number of non-ortho nitro benzene ring substituents is 1. The van der Waals surface area contributed by atoms with Crippen molar-refractivity contribution < 1.29 is 24.0 Å². The third kappa shape index (κ3) is 5.58. The normalized spacial score (nSPS) is 14.9. The summed E-state index contributed by atoms with van der Waals surface area (Å²) >= 11 is 0.767. The first-order chi connectivity index (χ1) is 14.9. The summed E-state index contributed by atoms with van der Waals surface area (Å²) in [4.78, 5) is 48.6. The van der Waals surface area contributed by atoms with Gasteiger partial charge in [-0.15, -0.1) is 0 Å². The molecular weight excluding hydrogens is 420 g/mol. The number of nitro groups is 1. The zero-order chi connectivity index (χ0) is 22.4. The number of rotatable bonds is 9. The lowest BCUT2D eigenvalue weighted by Crippen LogP contribution is -2.33. The quantitative estimate of drug-likeness (QED) is 0.183. The topological polar surface area (TPSA) is 107 Å². The number of benzene rings is 2. The summed E-state index contributed by atoms with van der Waals surface area (Å²) in [6, 6.07) is 12.2. The summed E-state index contributed by atoms with van der Waals surface area (Å²) in [5, 5.41) is 10.2. The zero-order valence-corrected chi connectivity index (χ0v) is 17.6. The molecule has 1 aliphatic rings. The SMILES string of the molecule is CCCCOc1ccc(/C=C2\SC(=O)N(CC(=O)c3ccc([N+](=O)[O-])cc3)C2=O)cc1. The minimum Gasteiger partial charge on any atom is -0.494 e. The number of hydrogen-bond acceptors (Lipinski definition) is 7. The molecule has 0 saturated carbocycles. The van der Waals surface area contributed by atoms with E-state index < -0.39 is 28.4 Å². The second kappa shape index (κ2) is 10.0. The van der Waals surface area contributed by atoms with Crippen LogP contribution in [-0.2, 0) is 4.79 Å². The fourth-order valence-electron chi connectivity index (χ4n) is 2.79. The van der Waals surface area contributed by atoms with Gasteiger partial charge in [0, 0.05) is 17.7 Å². The van der Waals surface area contributed by atoms with E-state index in [1.54, 1.807) is 30.3 Å². The van der Waals surface area contributed by atoms with Gasteiger partial charge >= 0.3 is 0 Å². The maximum atomic E-state index is 12.6. The summed E-state index contributed by atoms with van der Waals surface area (Å²) in [6.45, 7) is 2.29. The van der Waals surface area contributed by atoms with Crippen molar-refractivity contribution in [1.82, 2.24) is 4.90 Å². The minimum atomic E-state index is -0.570. The Kier molecular flexibility index (Phi) is 7.19. The largest absolute Gasteiger partial charge is 0.494 e.